The fourth-order valence-electron chi connectivity index (χ4n) is 2.04. The minimum atomic E-state index is -0.504. The van der Waals surface area contributed by atoms with Crippen molar-refractivity contribution in [3.05, 3.63) is 12.7 Å². The van der Waals surface area contributed by atoms with Crippen LogP contribution in [0, 0.1) is 0 Å². The summed E-state index contributed by atoms with van der Waals surface area (Å²) in [6.07, 6.45) is 1.92. The predicted molar refractivity (Wildman–Crippen MR) is 93.4 cm³/mol. The van der Waals surface area contributed by atoms with E-state index in [-0.39, 0.29) is 55.5 Å². The zero-order valence-electron chi connectivity index (χ0n) is 14.1. The van der Waals surface area contributed by atoms with Gasteiger partial charge in [-0.1, -0.05) is 6.08 Å². The van der Waals surface area contributed by atoms with Crippen LogP contribution in [0.15, 0.2) is 12.7 Å². The van der Waals surface area contributed by atoms with E-state index in [2.05, 4.69) is 27.8 Å². The van der Waals surface area contributed by atoms with Gasteiger partial charge >= 0.3 is 5.97 Å². The monoisotopic (exact) mass is 372 g/mol. The minimum Gasteiger partial charge on any atom is -0.465 e. The Balaban J connectivity index is 2.33. The molecule has 3 amide bonds. The molecule has 0 aromatic heterocycles. The van der Waals surface area contributed by atoms with E-state index >= 15 is 0 Å². The lowest BCUT2D eigenvalue weighted by Crippen LogP contribution is -2.56. The van der Waals surface area contributed by atoms with Gasteiger partial charge in [0.2, 0.25) is 17.7 Å². The third-order valence-corrected chi connectivity index (χ3v) is 4.12. The van der Waals surface area contributed by atoms with E-state index in [1.54, 1.807) is 13.0 Å². The molecule has 0 radical (unpaired) electrons. The van der Waals surface area contributed by atoms with Crippen molar-refractivity contribution >= 4 is 35.5 Å². The summed E-state index contributed by atoms with van der Waals surface area (Å²) in [4.78, 5) is 46.3. The molecule has 1 heterocycles. The topological polar surface area (TPSA) is 126 Å². The molecule has 0 aromatic carbocycles. The normalized spacial score (nSPS) is 19.5. The molecule has 0 spiro atoms. The lowest BCUT2D eigenvalue weighted by molar-refractivity contribution is -0.143. The number of ether oxygens (including phenoxy) is 1. The fraction of sp³-hybridized carbons (Fsp3) is 0.600. The average molecular weight is 372 g/mol. The number of hydrogen-bond acceptors (Lipinski definition) is 7. The minimum absolute atomic E-state index is 0.0483. The Morgan fingerprint density at radius 3 is 2.80 bits per heavy atom. The number of amides is 3. The summed E-state index contributed by atoms with van der Waals surface area (Å²) in [6, 6.07) is -0.307. The maximum atomic E-state index is 11.7. The number of hydrogen-bond donors (Lipinski definition) is 4. The second kappa shape index (κ2) is 11.5. The maximum Gasteiger partial charge on any atom is 0.325 e. The van der Waals surface area contributed by atoms with Crippen LogP contribution in [-0.2, 0) is 23.9 Å². The van der Waals surface area contributed by atoms with Crippen molar-refractivity contribution in [2.45, 2.75) is 31.3 Å². The van der Waals surface area contributed by atoms with Gasteiger partial charge in [0.1, 0.15) is 12.0 Å². The van der Waals surface area contributed by atoms with Crippen molar-refractivity contribution in [3.8, 4) is 0 Å². The smallest absolute Gasteiger partial charge is 0.325 e. The summed E-state index contributed by atoms with van der Waals surface area (Å²) in [5.74, 6) is -1.17. The summed E-state index contributed by atoms with van der Waals surface area (Å²) < 4.78 is 4.71. The molecule has 140 valence electrons. The molecule has 4 N–H and O–H groups in total. The van der Waals surface area contributed by atoms with E-state index in [1.807, 2.05) is 0 Å². The predicted octanol–water partition coefficient (Wildman–Crippen LogP) is -1.15. The van der Waals surface area contributed by atoms with Gasteiger partial charge in [0.25, 0.3) is 0 Å². The number of carbonyl (C=O) groups excluding carboxylic acids is 4. The molecule has 0 saturated carbocycles. The van der Waals surface area contributed by atoms with Gasteiger partial charge in [0.05, 0.1) is 12.4 Å². The van der Waals surface area contributed by atoms with Crippen molar-refractivity contribution in [3.63, 3.8) is 0 Å². The van der Waals surface area contributed by atoms with Crippen LogP contribution in [0.5, 0.6) is 0 Å². The van der Waals surface area contributed by atoms with Crippen LogP contribution in [0.4, 0.5) is 0 Å². The average Bonchev–Trinajstić information content (AvgIpc) is 2.56. The Labute approximate surface area is 150 Å². The maximum absolute atomic E-state index is 11.7. The van der Waals surface area contributed by atoms with Gasteiger partial charge in [-0.2, -0.15) is 0 Å². The first-order valence-corrected chi connectivity index (χ1v) is 8.96. The van der Waals surface area contributed by atoms with Gasteiger partial charge in [0.15, 0.2) is 0 Å². The lowest BCUT2D eigenvalue weighted by atomic mass is 10.1. The number of thioether (sulfide) groups is 1. The highest BCUT2D eigenvalue weighted by Crippen LogP contribution is 2.13. The quantitative estimate of drug-likeness (QED) is 0.282. The highest BCUT2D eigenvalue weighted by molar-refractivity contribution is 8.00. The van der Waals surface area contributed by atoms with E-state index in [1.165, 1.54) is 11.8 Å². The Morgan fingerprint density at radius 1 is 1.36 bits per heavy atom. The molecule has 25 heavy (non-hydrogen) atoms. The molecule has 0 aromatic rings. The molecule has 1 aliphatic heterocycles. The molecule has 9 nitrogen and oxygen atoms in total. The third-order valence-electron chi connectivity index (χ3n) is 3.10. The molecule has 1 aliphatic rings. The van der Waals surface area contributed by atoms with Crippen LogP contribution in [0.25, 0.3) is 0 Å². The second-order valence-corrected chi connectivity index (χ2v) is 6.30. The van der Waals surface area contributed by atoms with Gasteiger partial charge in [0, 0.05) is 25.4 Å². The number of esters is 1. The number of rotatable bonds is 10. The number of carbonyl (C=O) groups is 4. The Kier molecular flexibility index (Phi) is 9.63. The number of nitrogens with one attached hydrogen (secondary N) is 4. The first-order chi connectivity index (χ1) is 11.9. The summed E-state index contributed by atoms with van der Waals surface area (Å²) in [7, 11) is 0. The van der Waals surface area contributed by atoms with Crippen LogP contribution in [0.1, 0.15) is 19.8 Å². The molecule has 1 rings (SSSR count). The van der Waals surface area contributed by atoms with Crippen LogP contribution in [0.3, 0.4) is 0 Å². The Morgan fingerprint density at radius 2 is 2.12 bits per heavy atom. The summed E-state index contributed by atoms with van der Waals surface area (Å²) in [6.45, 7) is 5.63. The van der Waals surface area contributed by atoms with Crippen LogP contribution < -0.4 is 21.3 Å². The SMILES string of the molecule is C=CCNC(=O)CC1CC(=O)NC(SCC(=O)NCC(=O)OCC)N1. The van der Waals surface area contributed by atoms with Crippen molar-refractivity contribution in [2.24, 2.45) is 0 Å². The molecule has 10 heteroatoms. The summed E-state index contributed by atoms with van der Waals surface area (Å²) in [5, 5.41) is 10.9. The second-order valence-electron chi connectivity index (χ2n) is 5.20. The molecule has 0 aliphatic carbocycles. The van der Waals surface area contributed by atoms with Gasteiger partial charge < -0.3 is 20.7 Å². The molecular formula is C15H24N4O5S. The van der Waals surface area contributed by atoms with Crippen molar-refractivity contribution in [1.29, 1.82) is 0 Å². The fourth-order valence-corrected chi connectivity index (χ4v) is 2.96. The van der Waals surface area contributed by atoms with Gasteiger partial charge in [-0.05, 0) is 6.92 Å². The van der Waals surface area contributed by atoms with Crippen molar-refractivity contribution < 1.29 is 23.9 Å². The molecule has 2 atom stereocenters. The highest BCUT2D eigenvalue weighted by Gasteiger charge is 2.27. The molecule has 1 saturated heterocycles. The van der Waals surface area contributed by atoms with Crippen LogP contribution in [0.2, 0.25) is 0 Å². The Bertz CT molecular complexity index is 514. The van der Waals surface area contributed by atoms with Crippen molar-refractivity contribution in [1.82, 2.24) is 21.3 Å². The first kappa shape index (κ1) is 21.0. The molecule has 2 unspecified atom stereocenters. The van der Waals surface area contributed by atoms with Crippen molar-refractivity contribution in [2.75, 3.05) is 25.4 Å². The molecular weight excluding hydrogens is 348 g/mol. The highest BCUT2D eigenvalue weighted by atomic mass is 32.2. The largest absolute Gasteiger partial charge is 0.465 e. The zero-order chi connectivity index (χ0) is 18.7. The van der Waals surface area contributed by atoms with E-state index in [4.69, 9.17) is 4.74 Å². The Hall–Kier alpha value is -2.07. The molecule has 1 fully saturated rings. The van der Waals surface area contributed by atoms with E-state index in [9.17, 15) is 19.2 Å². The third kappa shape index (κ3) is 9.11. The van der Waals surface area contributed by atoms with Gasteiger partial charge in [-0.3, -0.25) is 24.5 Å². The first-order valence-electron chi connectivity index (χ1n) is 7.91. The lowest BCUT2D eigenvalue weighted by Gasteiger charge is -2.30. The van der Waals surface area contributed by atoms with Gasteiger partial charge in [-0.25, -0.2) is 0 Å². The standard InChI is InChI=1S/C15H24N4O5S/c1-3-5-16-11(20)6-10-7-12(21)19-15(18-10)25-9-13(22)17-8-14(23)24-4-2/h3,10,15,18H,1,4-9H2,2H3,(H,16,20)(H,17,22)(H,19,21). The summed E-state index contributed by atoms with van der Waals surface area (Å²) >= 11 is 1.17. The molecule has 0 bridgehead atoms. The van der Waals surface area contributed by atoms with E-state index in [0.717, 1.165) is 0 Å². The van der Waals surface area contributed by atoms with Crippen LogP contribution in [-0.4, -0.2) is 60.7 Å². The summed E-state index contributed by atoms with van der Waals surface area (Å²) in [5.41, 5.74) is -0.480. The van der Waals surface area contributed by atoms with E-state index < -0.39 is 11.5 Å². The van der Waals surface area contributed by atoms with Crippen LogP contribution >= 0.6 is 11.8 Å². The zero-order valence-corrected chi connectivity index (χ0v) is 14.9. The van der Waals surface area contributed by atoms with E-state index in [0.29, 0.717) is 6.54 Å². The van der Waals surface area contributed by atoms with Gasteiger partial charge in [-0.15, -0.1) is 18.3 Å².